The van der Waals surface area contributed by atoms with Gasteiger partial charge in [-0.15, -0.1) is 0 Å². The van der Waals surface area contributed by atoms with Gasteiger partial charge in [0.15, 0.2) is 0 Å². The van der Waals surface area contributed by atoms with Gasteiger partial charge in [0.2, 0.25) is 0 Å². The van der Waals surface area contributed by atoms with Crippen LogP contribution in [-0.4, -0.2) is 23.2 Å². The summed E-state index contributed by atoms with van der Waals surface area (Å²) in [7, 11) is 1.27. The highest BCUT2D eigenvalue weighted by Crippen LogP contribution is 2.39. The number of aromatic nitrogens is 1. The highest BCUT2D eigenvalue weighted by molar-refractivity contribution is 5.87. The standard InChI is InChI=1S/C14H10F3NO3/c1-21-11-7-6-10(13(19)20)18-12(11)8-4-2-3-5-9(8)14(15,16)17/h2-7H,1H3,(H,19,20). The minimum Gasteiger partial charge on any atom is -0.494 e. The lowest BCUT2D eigenvalue weighted by molar-refractivity contribution is -0.137. The van der Waals surface area contributed by atoms with E-state index in [0.717, 1.165) is 6.07 Å². The van der Waals surface area contributed by atoms with Crippen LogP contribution in [0.15, 0.2) is 36.4 Å². The number of nitrogens with zero attached hydrogens (tertiary/aromatic N) is 1. The van der Waals surface area contributed by atoms with Crippen LogP contribution >= 0.6 is 0 Å². The molecular weight excluding hydrogens is 287 g/mol. The molecule has 1 aromatic heterocycles. The van der Waals surface area contributed by atoms with Gasteiger partial charge in [-0.1, -0.05) is 18.2 Å². The van der Waals surface area contributed by atoms with Crippen LogP contribution in [-0.2, 0) is 6.18 Å². The van der Waals surface area contributed by atoms with Crippen molar-refractivity contribution in [2.75, 3.05) is 7.11 Å². The van der Waals surface area contributed by atoms with E-state index < -0.39 is 17.7 Å². The Hall–Kier alpha value is -2.57. The minimum absolute atomic E-state index is 0.0664. The number of rotatable bonds is 3. The minimum atomic E-state index is -4.58. The Morgan fingerprint density at radius 3 is 2.43 bits per heavy atom. The number of hydrogen-bond donors (Lipinski definition) is 1. The molecule has 0 spiro atoms. The molecule has 0 radical (unpaired) electrons. The molecule has 0 unspecified atom stereocenters. The quantitative estimate of drug-likeness (QED) is 0.942. The van der Waals surface area contributed by atoms with Crippen LogP contribution in [0, 0.1) is 0 Å². The molecule has 0 fully saturated rings. The summed E-state index contributed by atoms with van der Waals surface area (Å²) in [6, 6.07) is 7.24. The van der Waals surface area contributed by atoms with E-state index in [1.807, 2.05) is 0 Å². The summed E-state index contributed by atoms with van der Waals surface area (Å²) < 4.78 is 44.1. The van der Waals surface area contributed by atoms with Crippen molar-refractivity contribution < 1.29 is 27.8 Å². The highest BCUT2D eigenvalue weighted by Gasteiger charge is 2.34. The summed E-state index contributed by atoms with van der Waals surface area (Å²) in [6.07, 6.45) is -4.58. The summed E-state index contributed by atoms with van der Waals surface area (Å²) in [5.74, 6) is -1.26. The summed E-state index contributed by atoms with van der Waals surface area (Å²) >= 11 is 0. The number of methoxy groups -OCH3 is 1. The van der Waals surface area contributed by atoms with Gasteiger partial charge in [0, 0.05) is 5.56 Å². The molecule has 7 heteroatoms. The number of aromatic carboxylic acids is 1. The maximum Gasteiger partial charge on any atom is 0.417 e. The van der Waals surface area contributed by atoms with Crippen molar-refractivity contribution in [1.29, 1.82) is 0 Å². The molecule has 1 aromatic carbocycles. The number of hydrogen-bond acceptors (Lipinski definition) is 3. The first-order valence-electron chi connectivity index (χ1n) is 5.79. The molecular formula is C14H10F3NO3. The Morgan fingerprint density at radius 2 is 1.86 bits per heavy atom. The molecule has 0 saturated carbocycles. The van der Waals surface area contributed by atoms with E-state index in [0.29, 0.717) is 0 Å². The van der Waals surface area contributed by atoms with Crippen LogP contribution in [0.25, 0.3) is 11.3 Å². The lowest BCUT2D eigenvalue weighted by atomic mass is 10.0. The van der Waals surface area contributed by atoms with Crippen molar-refractivity contribution in [3.63, 3.8) is 0 Å². The van der Waals surface area contributed by atoms with Crippen LogP contribution < -0.4 is 4.74 Å². The van der Waals surface area contributed by atoms with Gasteiger partial charge in [0.05, 0.1) is 12.7 Å². The summed E-state index contributed by atoms with van der Waals surface area (Å²) in [5.41, 5.74) is -1.66. The molecule has 1 heterocycles. The lowest BCUT2D eigenvalue weighted by Gasteiger charge is -2.14. The average Bonchev–Trinajstić information content (AvgIpc) is 2.45. The van der Waals surface area contributed by atoms with Crippen LogP contribution in [0.4, 0.5) is 13.2 Å². The van der Waals surface area contributed by atoms with E-state index in [-0.39, 0.29) is 22.7 Å². The van der Waals surface area contributed by atoms with Gasteiger partial charge in [-0.2, -0.15) is 13.2 Å². The second kappa shape index (κ2) is 5.43. The third-order valence-electron chi connectivity index (χ3n) is 2.78. The van der Waals surface area contributed by atoms with Gasteiger partial charge in [0.1, 0.15) is 17.1 Å². The fourth-order valence-electron chi connectivity index (χ4n) is 1.86. The van der Waals surface area contributed by atoms with E-state index in [9.17, 15) is 18.0 Å². The van der Waals surface area contributed by atoms with E-state index in [2.05, 4.69) is 4.98 Å². The zero-order valence-electron chi connectivity index (χ0n) is 10.8. The molecule has 0 aliphatic rings. The van der Waals surface area contributed by atoms with Gasteiger partial charge >= 0.3 is 12.1 Å². The van der Waals surface area contributed by atoms with Crippen molar-refractivity contribution in [3.05, 3.63) is 47.7 Å². The number of carboxylic acids is 1. The van der Waals surface area contributed by atoms with Gasteiger partial charge in [-0.25, -0.2) is 9.78 Å². The first kappa shape index (κ1) is 14.8. The second-order valence-corrected chi connectivity index (χ2v) is 4.10. The maximum absolute atomic E-state index is 13.0. The zero-order valence-corrected chi connectivity index (χ0v) is 10.8. The average molecular weight is 297 g/mol. The van der Waals surface area contributed by atoms with Gasteiger partial charge in [0.25, 0.3) is 0 Å². The van der Waals surface area contributed by atoms with Crippen LogP contribution in [0.2, 0.25) is 0 Å². The highest BCUT2D eigenvalue weighted by atomic mass is 19.4. The van der Waals surface area contributed by atoms with Crippen molar-refractivity contribution in [3.8, 4) is 17.0 Å². The van der Waals surface area contributed by atoms with E-state index in [4.69, 9.17) is 9.84 Å². The Kier molecular flexibility index (Phi) is 3.84. The Morgan fingerprint density at radius 1 is 1.19 bits per heavy atom. The monoisotopic (exact) mass is 297 g/mol. The zero-order chi connectivity index (χ0) is 15.6. The fourth-order valence-corrected chi connectivity index (χ4v) is 1.86. The third kappa shape index (κ3) is 2.96. The molecule has 0 amide bonds. The van der Waals surface area contributed by atoms with Crippen LogP contribution in [0.1, 0.15) is 16.1 Å². The molecule has 0 aliphatic carbocycles. The predicted molar refractivity (Wildman–Crippen MR) is 68.2 cm³/mol. The normalized spacial score (nSPS) is 11.2. The van der Waals surface area contributed by atoms with Crippen LogP contribution in [0.3, 0.4) is 0 Å². The smallest absolute Gasteiger partial charge is 0.417 e. The SMILES string of the molecule is COc1ccc(C(=O)O)nc1-c1ccccc1C(F)(F)F. The number of carbonyl (C=O) groups is 1. The largest absolute Gasteiger partial charge is 0.494 e. The molecule has 4 nitrogen and oxygen atoms in total. The summed E-state index contributed by atoms with van der Waals surface area (Å²) in [5, 5.41) is 8.92. The third-order valence-corrected chi connectivity index (χ3v) is 2.78. The van der Waals surface area contributed by atoms with Crippen molar-refractivity contribution in [2.45, 2.75) is 6.18 Å². The van der Waals surface area contributed by atoms with Gasteiger partial charge in [-0.3, -0.25) is 0 Å². The summed E-state index contributed by atoms with van der Waals surface area (Å²) in [6.45, 7) is 0. The van der Waals surface area contributed by atoms with Crippen LogP contribution in [0.5, 0.6) is 5.75 Å². The Labute approximate surface area is 117 Å². The number of carboxylic acid groups (broad SMARTS) is 1. The van der Waals surface area contributed by atoms with Gasteiger partial charge in [-0.05, 0) is 18.2 Å². The number of halogens is 3. The molecule has 21 heavy (non-hydrogen) atoms. The molecule has 110 valence electrons. The van der Waals surface area contributed by atoms with Crippen molar-refractivity contribution in [2.24, 2.45) is 0 Å². The van der Waals surface area contributed by atoms with E-state index in [1.54, 1.807) is 0 Å². The predicted octanol–water partition coefficient (Wildman–Crippen LogP) is 3.47. The molecule has 0 bridgehead atoms. The molecule has 0 aliphatic heterocycles. The summed E-state index contributed by atoms with van der Waals surface area (Å²) in [4.78, 5) is 14.7. The Balaban J connectivity index is 2.72. The second-order valence-electron chi connectivity index (χ2n) is 4.10. The lowest BCUT2D eigenvalue weighted by Crippen LogP contribution is -2.09. The van der Waals surface area contributed by atoms with Crippen molar-refractivity contribution >= 4 is 5.97 Å². The van der Waals surface area contributed by atoms with E-state index >= 15 is 0 Å². The molecule has 2 rings (SSSR count). The molecule has 2 aromatic rings. The van der Waals surface area contributed by atoms with Gasteiger partial charge < -0.3 is 9.84 Å². The van der Waals surface area contributed by atoms with Crippen molar-refractivity contribution in [1.82, 2.24) is 4.98 Å². The van der Waals surface area contributed by atoms with E-state index in [1.165, 1.54) is 37.4 Å². The number of alkyl halides is 3. The topological polar surface area (TPSA) is 59.4 Å². The number of ether oxygens (including phenoxy) is 1. The molecule has 0 saturated heterocycles. The first-order chi connectivity index (χ1) is 9.84. The molecule has 0 atom stereocenters. The maximum atomic E-state index is 13.0. The fraction of sp³-hybridized carbons (Fsp3) is 0.143. The Bertz CT molecular complexity index is 683. The molecule has 1 N–H and O–H groups in total. The number of pyridine rings is 1. The first-order valence-corrected chi connectivity index (χ1v) is 5.79. The number of benzene rings is 1.